The molecule has 1 aromatic heterocycles. The van der Waals surface area contributed by atoms with E-state index in [2.05, 4.69) is 35.1 Å². The van der Waals surface area contributed by atoms with Crippen LogP contribution < -0.4 is 10.2 Å². The molecule has 0 unspecified atom stereocenters. The first-order valence-electron chi connectivity index (χ1n) is 7.38. The van der Waals surface area contributed by atoms with Gasteiger partial charge in [-0.05, 0) is 43.9 Å². The van der Waals surface area contributed by atoms with Crippen molar-refractivity contribution in [3.63, 3.8) is 0 Å². The maximum atomic E-state index is 6.41. The molecule has 0 aliphatic heterocycles. The Hall–Kier alpha value is -0.800. The molecule has 0 radical (unpaired) electrons. The number of pyridine rings is 1. The molecule has 0 aromatic carbocycles. The zero-order chi connectivity index (χ0) is 13.7. The average molecular weight is 282 g/mol. The SMILES string of the molecule is CCCNCc1cnc(N(CCC)C2CC2)c(Cl)c1. The van der Waals surface area contributed by atoms with Crippen LogP contribution in [0.25, 0.3) is 0 Å². The zero-order valence-electron chi connectivity index (χ0n) is 12.0. The van der Waals surface area contributed by atoms with Crippen LogP contribution in [-0.4, -0.2) is 24.1 Å². The molecule has 106 valence electrons. The summed E-state index contributed by atoms with van der Waals surface area (Å²) in [5.41, 5.74) is 1.16. The van der Waals surface area contributed by atoms with E-state index in [0.29, 0.717) is 6.04 Å². The van der Waals surface area contributed by atoms with Crippen LogP contribution in [0.1, 0.15) is 45.1 Å². The largest absolute Gasteiger partial charge is 0.352 e. The predicted octanol–water partition coefficient (Wildman–Crippen LogP) is 3.61. The van der Waals surface area contributed by atoms with Crippen molar-refractivity contribution in [2.24, 2.45) is 0 Å². The fraction of sp³-hybridized carbons (Fsp3) is 0.667. The number of aromatic nitrogens is 1. The van der Waals surface area contributed by atoms with Crippen molar-refractivity contribution in [1.29, 1.82) is 0 Å². The lowest BCUT2D eigenvalue weighted by Crippen LogP contribution is -2.27. The summed E-state index contributed by atoms with van der Waals surface area (Å²) in [4.78, 5) is 6.96. The van der Waals surface area contributed by atoms with Gasteiger partial charge in [-0.1, -0.05) is 25.4 Å². The highest BCUT2D eigenvalue weighted by molar-refractivity contribution is 6.33. The number of hydrogen-bond acceptors (Lipinski definition) is 3. The molecule has 3 nitrogen and oxygen atoms in total. The molecule has 1 saturated carbocycles. The fourth-order valence-corrected chi connectivity index (χ4v) is 2.57. The highest BCUT2D eigenvalue weighted by Gasteiger charge is 2.30. The zero-order valence-corrected chi connectivity index (χ0v) is 12.7. The molecule has 19 heavy (non-hydrogen) atoms. The first-order chi connectivity index (χ1) is 9.26. The van der Waals surface area contributed by atoms with Crippen LogP contribution in [0.4, 0.5) is 5.82 Å². The van der Waals surface area contributed by atoms with E-state index < -0.39 is 0 Å². The smallest absolute Gasteiger partial charge is 0.147 e. The number of hydrogen-bond donors (Lipinski definition) is 1. The Bertz CT molecular complexity index is 404. The van der Waals surface area contributed by atoms with E-state index in [1.54, 1.807) is 0 Å². The van der Waals surface area contributed by atoms with E-state index in [-0.39, 0.29) is 0 Å². The van der Waals surface area contributed by atoms with Crippen molar-refractivity contribution in [1.82, 2.24) is 10.3 Å². The van der Waals surface area contributed by atoms with E-state index in [1.807, 2.05) is 6.20 Å². The highest BCUT2D eigenvalue weighted by Crippen LogP contribution is 2.34. The van der Waals surface area contributed by atoms with Gasteiger partial charge in [0.25, 0.3) is 0 Å². The average Bonchev–Trinajstić information content (AvgIpc) is 3.21. The first-order valence-corrected chi connectivity index (χ1v) is 7.75. The Morgan fingerprint density at radius 3 is 2.74 bits per heavy atom. The van der Waals surface area contributed by atoms with E-state index in [4.69, 9.17) is 11.6 Å². The second-order valence-electron chi connectivity index (χ2n) is 5.25. The molecule has 0 bridgehead atoms. The lowest BCUT2D eigenvalue weighted by atomic mass is 10.2. The summed E-state index contributed by atoms with van der Waals surface area (Å²) in [6, 6.07) is 2.71. The molecule has 0 spiro atoms. The highest BCUT2D eigenvalue weighted by atomic mass is 35.5. The van der Waals surface area contributed by atoms with Crippen LogP contribution in [-0.2, 0) is 6.54 Å². The van der Waals surface area contributed by atoms with Gasteiger partial charge in [-0.25, -0.2) is 4.98 Å². The van der Waals surface area contributed by atoms with Crippen LogP contribution in [0.15, 0.2) is 12.3 Å². The molecule has 1 fully saturated rings. The minimum atomic E-state index is 0.661. The van der Waals surface area contributed by atoms with E-state index >= 15 is 0 Å². The van der Waals surface area contributed by atoms with E-state index in [0.717, 1.165) is 48.9 Å². The van der Waals surface area contributed by atoms with Crippen molar-refractivity contribution in [2.75, 3.05) is 18.0 Å². The first kappa shape index (κ1) is 14.6. The molecule has 1 aliphatic rings. The standard InChI is InChI=1S/C15H24ClN3/c1-3-7-17-10-12-9-14(16)15(18-11-12)19(8-4-2)13-5-6-13/h9,11,13,17H,3-8,10H2,1-2H3. The van der Waals surface area contributed by atoms with E-state index in [1.165, 1.54) is 12.8 Å². The molecular weight excluding hydrogens is 258 g/mol. The molecule has 0 amide bonds. The quantitative estimate of drug-likeness (QED) is 0.738. The van der Waals surface area contributed by atoms with Gasteiger partial charge in [-0.3, -0.25) is 0 Å². The van der Waals surface area contributed by atoms with Crippen LogP contribution in [0, 0.1) is 0 Å². The van der Waals surface area contributed by atoms with Crippen molar-refractivity contribution < 1.29 is 0 Å². The summed E-state index contributed by atoms with van der Waals surface area (Å²) in [5, 5.41) is 4.16. The minimum Gasteiger partial charge on any atom is -0.352 e. The molecule has 0 saturated heterocycles. The Morgan fingerprint density at radius 1 is 1.37 bits per heavy atom. The fourth-order valence-electron chi connectivity index (χ4n) is 2.28. The van der Waals surface area contributed by atoms with Gasteiger partial charge in [0.05, 0.1) is 5.02 Å². The monoisotopic (exact) mass is 281 g/mol. The van der Waals surface area contributed by atoms with Gasteiger partial charge >= 0.3 is 0 Å². The third-order valence-electron chi connectivity index (χ3n) is 3.36. The lowest BCUT2D eigenvalue weighted by molar-refractivity contribution is 0.673. The third kappa shape index (κ3) is 4.08. The maximum absolute atomic E-state index is 6.41. The molecule has 1 aliphatic carbocycles. The Morgan fingerprint density at radius 2 is 2.16 bits per heavy atom. The van der Waals surface area contributed by atoms with Gasteiger partial charge in [0.1, 0.15) is 5.82 Å². The van der Waals surface area contributed by atoms with Gasteiger partial charge < -0.3 is 10.2 Å². The molecule has 1 aromatic rings. The molecular formula is C15H24ClN3. The van der Waals surface area contributed by atoms with E-state index in [9.17, 15) is 0 Å². The van der Waals surface area contributed by atoms with Crippen LogP contribution in [0.5, 0.6) is 0 Å². The summed E-state index contributed by atoms with van der Waals surface area (Å²) < 4.78 is 0. The molecule has 1 heterocycles. The lowest BCUT2D eigenvalue weighted by Gasteiger charge is -2.24. The Kier molecular flexibility index (Phi) is 5.46. The second kappa shape index (κ2) is 7.11. The molecule has 0 atom stereocenters. The number of anilines is 1. The van der Waals surface area contributed by atoms with Crippen LogP contribution >= 0.6 is 11.6 Å². The van der Waals surface area contributed by atoms with Gasteiger partial charge in [-0.15, -0.1) is 0 Å². The summed E-state index contributed by atoms with van der Waals surface area (Å²) >= 11 is 6.41. The van der Waals surface area contributed by atoms with Gasteiger partial charge in [0, 0.05) is 25.3 Å². The number of nitrogens with zero attached hydrogens (tertiary/aromatic N) is 2. The molecule has 4 heteroatoms. The summed E-state index contributed by atoms with van der Waals surface area (Å²) in [5.74, 6) is 0.963. The molecule has 1 N–H and O–H groups in total. The number of rotatable bonds is 8. The third-order valence-corrected chi connectivity index (χ3v) is 3.64. The van der Waals surface area contributed by atoms with Crippen molar-refractivity contribution in [3.05, 3.63) is 22.8 Å². The maximum Gasteiger partial charge on any atom is 0.147 e. The topological polar surface area (TPSA) is 28.2 Å². The van der Waals surface area contributed by atoms with Crippen molar-refractivity contribution in [2.45, 2.75) is 52.1 Å². The summed E-state index contributed by atoms with van der Waals surface area (Å²) in [6.45, 7) is 7.29. The normalized spacial score (nSPS) is 14.7. The van der Waals surface area contributed by atoms with Crippen LogP contribution in [0.3, 0.4) is 0 Å². The summed E-state index contributed by atoms with van der Waals surface area (Å²) in [6.07, 6.45) is 6.78. The Balaban J connectivity index is 2.04. The number of nitrogens with one attached hydrogen (secondary N) is 1. The van der Waals surface area contributed by atoms with Crippen LogP contribution in [0.2, 0.25) is 5.02 Å². The van der Waals surface area contributed by atoms with Gasteiger partial charge in [0.15, 0.2) is 0 Å². The Labute approximate surface area is 121 Å². The predicted molar refractivity (Wildman–Crippen MR) is 81.9 cm³/mol. The van der Waals surface area contributed by atoms with Gasteiger partial charge in [-0.2, -0.15) is 0 Å². The van der Waals surface area contributed by atoms with Gasteiger partial charge in [0.2, 0.25) is 0 Å². The van der Waals surface area contributed by atoms with Crippen molar-refractivity contribution in [3.8, 4) is 0 Å². The molecule has 2 rings (SSSR count). The summed E-state index contributed by atoms with van der Waals surface area (Å²) in [7, 11) is 0. The van der Waals surface area contributed by atoms with Crippen molar-refractivity contribution >= 4 is 17.4 Å². The minimum absolute atomic E-state index is 0.661. The number of halogens is 1. The second-order valence-corrected chi connectivity index (χ2v) is 5.66.